The second kappa shape index (κ2) is 7.08. The summed E-state index contributed by atoms with van der Waals surface area (Å²) in [6.07, 6.45) is 1.87. The Labute approximate surface area is 152 Å². The lowest BCUT2D eigenvalue weighted by atomic mass is 9.95. The van der Waals surface area contributed by atoms with Crippen molar-refractivity contribution in [2.45, 2.75) is 31.3 Å². The van der Waals surface area contributed by atoms with Gasteiger partial charge in [-0.3, -0.25) is 4.79 Å². The first-order valence-electron chi connectivity index (χ1n) is 8.26. The average Bonchev–Trinajstić information content (AvgIpc) is 3.36. The van der Waals surface area contributed by atoms with Crippen LogP contribution in [0.25, 0.3) is 0 Å². The molecule has 0 heterocycles. The summed E-state index contributed by atoms with van der Waals surface area (Å²) >= 11 is 3.45. The van der Waals surface area contributed by atoms with Crippen LogP contribution in [-0.2, 0) is 23.3 Å². The largest absolute Gasteiger partial charge is 0.351 e. The molecule has 0 radical (unpaired) electrons. The molecular formula is C20H23BrN2O. The maximum absolute atomic E-state index is 12.7. The van der Waals surface area contributed by atoms with E-state index in [1.807, 2.05) is 24.3 Å². The lowest BCUT2D eigenvalue weighted by molar-refractivity contribution is -0.123. The molecule has 126 valence electrons. The number of benzene rings is 2. The third kappa shape index (κ3) is 3.87. The fraction of sp³-hybridized carbons (Fsp3) is 0.350. The summed E-state index contributed by atoms with van der Waals surface area (Å²) < 4.78 is 1.04. The molecule has 1 amide bonds. The molecule has 3 nitrogen and oxygen atoms in total. The van der Waals surface area contributed by atoms with Gasteiger partial charge in [0, 0.05) is 17.6 Å². The molecule has 3 rings (SSSR count). The molecule has 4 heteroatoms. The number of halogens is 1. The maximum Gasteiger partial charge on any atom is 0.230 e. The summed E-state index contributed by atoms with van der Waals surface area (Å²) in [5, 5.41) is 3.11. The van der Waals surface area contributed by atoms with Crippen LogP contribution in [0.5, 0.6) is 0 Å². The van der Waals surface area contributed by atoms with Crippen LogP contribution in [-0.4, -0.2) is 24.9 Å². The zero-order valence-electron chi connectivity index (χ0n) is 14.2. The lowest BCUT2D eigenvalue weighted by Crippen LogP contribution is -2.34. The number of carbonyl (C=O) groups is 1. The quantitative estimate of drug-likeness (QED) is 0.817. The summed E-state index contributed by atoms with van der Waals surface area (Å²) in [5.74, 6) is 0.141. The monoisotopic (exact) mass is 386 g/mol. The topological polar surface area (TPSA) is 32.3 Å². The van der Waals surface area contributed by atoms with Gasteiger partial charge >= 0.3 is 0 Å². The summed E-state index contributed by atoms with van der Waals surface area (Å²) in [6.45, 7) is 1.51. The van der Waals surface area contributed by atoms with E-state index >= 15 is 0 Å². The van der Waals surface area contributed by atoms with Gasteiger partial charge in [0.15, 0.2) is 0 Å². The van der Waals surface area contributed by atoms with E-state index in [1.54, 1.807) is 0 Å². The standard InChI is InChI=1S/C20H23BrN2O/c1-23(2)14-16-5-3-15(4-6-16)13-22-19(24)20(11-12-20)17-7-9-18(21)10-8-17/h3-10H,11-14H2,1-2H3,(H,22,24). The van der Waals surface area contributed by atoms with Crippen molar-refractivity contribution in [3.63, 3.8) is 0 Å². The molecular weight excluding hydrogens is 364 g/mol. The minimum Gasteiger partial charge on any atom is -0.351 e. The highest BCUT2D eigenvalue weighted by Crippen LogP contribution is 2.48. The van der Waals surface area contributed by atoms with E-state index in [-0.39, 0.29) is 11.3 Å². The lowest BCUT2D eigenvalue weighted by Gasteiger charge is -2.16. The van der Waals surface area contributed by atoms with Gasteiger partial charge in [0.1, 0.15) is 0 Å². The number of nitrogens with zero attached hydrogens (tertiary/aromatic N) is 1. The average molecular weight is 387 g/mol. The predicted molar refractivity (Wildman–Crippen MR) is 101 cm³/mol. The first-order valence-corrected chi connectivity index (χ1v) is 9.06. The first kappa shape index (κ1) is 17.2. The molecule has 1 aliphatic carbocycles. The number of rotatable bonds is 6. The van der Waals surface area contributed by atoms with Crippen molar-refractivity contribution in [2.24, 2.45) is 0 Å². The van der Waals surface area contributed by atoms with Crippen molar-refractivity contribution < 1.29 is 4.79 Å². The molecule has 0 unspecified atom stereocenters. The fourth-order valence-corrected chi connectivity index (χ4v) is 3.28. The van der Waals surface area contributed by atoms with Crippen molar-refractivity contribution in [1.82, 2.24) is 10.2 Å². The van der Waals surface area contributed by atoms with E-state index in [0.29, 0.717) is 6.54 Å². The second-order valence-corrected chi connectivity index (χ2v) is 7.74. The predicted octanol–water partition coefficient (Wildman–Crippen LogP) is 3.86. The van der Waals surface area contributed by atoms with Gasteiger partial charge in [0.25, 0.3) is 0 Å². The van der Waals surface area contributed by atoms with Crippen LogP contribution >= 0.6 is 15.9 Å². The van der Waals surface area contributed by atoms with E-state index in [9.17, 15) is 4.79 Å². The van der Waals surface area contributed by atoms with E-state index in [1.165, 1.54) is 5.56 Å². The van der Waals surface area contributed by atoms with Crippen LogP contribution < -0.4 is 5.32 Å². The van der Waals surface area contributed by atoms with Gasteiger partial charge in [-0.2, -0.15) is 0 Å². The van der Waals surface area contributed by atoms with Gasteiger partial charge in [0.05, 0.1) is 5.41 Å². The molecule has 0 atom stereocenters. The van der Waals surface area contributed by atoms with Gasteiger partial charge in [-0.25, -0.2) is 0 Å². The smallest absolute Gasteiger partial charge is 0.230 e. The maximum atomic E-state index is 12.7. The summed E-state index contributed by atoms with van der Waals surface area (Å²) in [6, 6.07) is 16.6. The molecule has 1 saturated carbocycles. The van der Waals surface area contributed by atoms with Crippen LogP contribution in [0.2, 0.25) is 0 Å². The molecule has 1 N–H and O–H groups in total. The SMILES string of the molecule is CN(C)Cc1ccc(CNC(=O)C2(c3ccc(Br)cc3)CC2)cc1. The minimum atomic E-state index is -0.314. The van der Waals surface area contributed by atoms with Crippen molar-refractivity contribution >= 4 is 21.8 Å². The number of amides is 1. The number of carbonyl (C=O) groups excluding carboxylic acids is 1. The van der Waals surface area contributed by atoms with E-state index in [0.717, 1.165) is 35.0 Å². The molecule has 0 spiro atoms. The second-order valence-electron chi connectivity index (χ2n) is 6.83. The van der Waals surface area contributed by atoms with E-state index < -0.39 is 0 Å². The Morgan fingerprint density at radius 1 is 1.04 bits per heavy atom. The Kier molecular flexibility index (Phi) is 5.07. The normalized spacial score (nSPS) is 15.3. The molecule has 24 heavy (non-hydrogen) atoms. The van der Waals surface area contributed by atoms with Gasteiger partial charge in [-0.15, -0.1) is 0 Å². The molecule has 0 bridgehead atoms. The fourth-order valence-electron chi connectivity index (χ4n) is 3.02. The zero-order chi connectivity index (χ0) is 17.2. The highest BCUT2D eigenvalue weighted by atomic mass is 79.9. The zero-order valence-corrected chi connectivity index (χ0v) is 15.8. The van der Waals surface area contributed by atoms with Crippen molar-refractivity contribution in [3.05, 3.63) is 69.7 Å². The van der Waals surface area contributed by atoms with Crippen molar-refractivity contribution in [3.8, 4) is 0 Å². The Hall–Kier alpha value is -1.65. The summed E-state index contributed by atoms with van der Waals surface area (Å²) in [7, 11) is 4.12. The van der Waals surface area contributed by atoms with Gasteiger partial charge in [-0.1, -0.05) is 52.3 Å². The van der Waals surface area contributed by atoms with Crippen molar-refractivity contribution in [2.75, 3.05) is 14.1 Å². The highest BCUT2D eigenvalue weighted by Gasteiger charge is 2.50. The summed E-state index contributed by atoms with van der Waals surface area (Å²) in [5.41, 5.74) is 3.22. The number of hydrogen-bond acceptors (Lipinski definition) is 2. The molecule has 1 aliphatic rings. The first-order chi connectivity index (χ1) is 11.5. The van der Waals surface area contributed by atoms with Gasteiger partial charge in [-0.05, 0) is 55.8 Å². The molecule has 2 aromatic rings. The van der Waals surface area contributed by atoms with Crippen LogP contribution in [0, 0.1) is 0 Å². The van der Waals surface area contributed by atoms with E-state index in [2.05, 4.69) is 64.5 Å². The van der Waals surface area contributed by atoms with Crippen LogP contribution in [0.4, 0.5) is 0 Å². The third-order valence-corrected chi connectivity index (χ3v) is 5.08. The number of hydrogen-bond donors (Lipinski definition) is 1. The molecule has 1 fully saturated rings. The third-order valence-electron chi connectivity index (χ3n) is 4.56. The highest BCUT2D eigenvalue weighted by molar-refractivity contribution is 9.10. The Bertz CT molecular complexity index is 703. The van der Waals surface area contributed by atoms with Gasteiger partial charge < -0.3 is 10.2 Å². The van der Waals surface area contributed by atoms with Crippen LogP contribution in [0.3, 0.4) is 0 Å². The van der Waals surface area contributed by atoms with Crippen LogP contribution in [0.1, 0.15) is 29.5 Å². The van der Waals surface area contributed by atoms with Crippen molar-refractivity contribution in [1.29, 1.82) is 0 Å². The molecule has 2 aromatic carbocycles. The minimum absolute atomic E-state index is 0.141. The number of nitrogens with one attached hydrogen (secondary N) is 1. The summed E-state index contributed by atoms with van der Waals surface area (Å²) in [4.78, 5) is 14.8. The van der Waals surface area contributed by atoms with Crippen LogP contribution in [0.15, 0.2) is 53.0 Å². The molecule has 0 saturated heterocycles. The Morgan fingerprint density at radius 3 is 2.17 bits per heavy atom. The van der Waals surface area contributed by atoms with Gasteiger partial charge in [0.2, 0.25) is 5.91 Å². The van der Waals surface area contributed by atoms with E-state index in [4.69, 9.17) is 0 Å². The molecule has 0 aliphatic heterocycles. The Morgan fingerprint density at radius 2 is 1.62 bits per heavy atom. The molecule has 0 aromatic heterocycles. The Balaban J connectivity index is 1.60.